The maximum Gasteiger partial charge on any atom is 0.331 e. The normalized spacial score (nSPS) is 12.1. The Kier molecular flexibility index (Phi) is 5.68. The molecule has 23 heavy (non-hydrogen) atoms. The first-order valence-corrected chi connectivity index (χ1v) is 6.99. The molecule has 1 aromatic heterocycles. The van der Waals surface area contributed by atoms with Crippen LogP contribution >= 0.6 is 0 Å². The number of ether oxygens (including phenoxy) is 1. The minimum absolute atomic E-state index is 0.207. The molecule has 1 heterocycles. The molecule has 0 unspecified atom stereocenters. The molecule has 0 aliphatic heterocycles. The van der Waals surface area contributed by atoms with Gasteiger partial charge in [-0.1, -0.05) is 18.2 Å². The zero-order valence-corrected chi connectivity index (χ0v) is 12.5. The Hall–Kier alpha value is -2.89. The molecular weight excluding hydrogens is 301 g/mol. The molecule has 0 saturated carbocycles. The second-order valence-corrected chi connectivity index (χ2v) is 4.73. The number of furan rings is 1. The lowest BCUT2D eigenvalue weighted by Crippen LogP contribution is -2.35. The van der Waals surface area contributed by atoms with Crippen molar-refractivity contribution in [2.24, 2.45) is 0 Å². The fourth-order valence-corrected chi connectivity index (χ4v) is 1.77. The van der Waals surface area contributed by atoms with Crippen molar-refractivity contribution in [1.82, 2.24) is 5.32 Å². The summed E-state index contributed by atoms with van der Waals surface area (Å²) < 4.78 is 23.4. The number of hydrogen-bond donors (Lipinski definition) is 1. The van der Waals surface area contributed by atoms with Crippen LogP contribution in [0.25, 0.3) is 6.08 Å². The van der Waals surface area contributed by atoms with Gasteiger partial charge in [-0.25, -0.2) is 9.18 Å². The number of halogens is 1. The SMILES string of the molecule is C[C@@H](OC(=O)/C=C/c1ccccc1F)C(=O)NCc1ccco1. The van der Waals surface area contributed by atoms with Gasteiger partial charge < -0.3 is 14.5 Å². The first kappa shape index (κ1) is 16.5. The molecule has 0 fully saturated rings. The number of hydrogen-bond acceptors (Lipinski definition) is 4. The predicted molar refractivity (Wildman–Crippen MR) is 81.5 cm³/mol. The van der Waals surface area contributed by atoms with Gasteiger partial charge in [0.25, 0.3) is 5.91 Å². The summed E-state index contributed by atoms with van der Waals surface area (Å²) >= 11 is 0. The Morgan fingerprint density at radius 3 is 2.78 bits per heavy atom. The number of nitrogens with one attached hydrogen (secondary N) is 1. The van der Waals surface area contributed by atoms with Crippen molar-refractivity contribution in [3.05, 3.63) is 65.9 Å². The molecule has 120 valence electrons. The zero-order valence-electron chi connectivity index (χ0n) is 12.5. The molecule has 1 N–H and O–H groups in total. The molecule has 5 nitrogen and oxygen atoms in total. The number of carbonyl (C=O) groups is 2. The van der Waals surface area contributed by atoms with E-state index in [9.17, 15) is 14.0 Å². The molecule has 2 aromatic rings. The molecule has 0 bridgehead atoms. The molecule has 1 amide bonds. The molecule has 0 radical (unpaired) electrons. The van der Waals surface area contributed by atoms with Crippen LogP contribution in [-0.2, 0) is 20.9 Å². The smallest absolute Gasteiger partial charge is 0.331 e. The largest absolute Gasteiger partial charge is 0.467 e. The molecule has 1 aromatic carbocycles. The van der Waals surface area contributed by atoms with Crippen molar-refractivity contribution in [1.29, 1.82) is 0 Å². The molecule has 0 aliphatic rings. The lowest BCUT2D eigenvalue weighted by atomic mass is 10.2. The summed E-state index contributed by atoms with van der Waals surface area (Å²) in [7, 11) is 0. The zero-order chi connectivity index (χ0) is 16.7. The topological polar surface area (TPSA) is 68.5 Å². The third-order valence-corrected chi connectivity index (χ3v) is 2.98. The van der Waals surface area contributed by atoms with E-state index in [-0.39, 0.29) is 12.1 Å². The average molecular weight is 317 g/mol. The van der Waals surface area contributed by atoms with E-state index in [1.807, 2.05) is 0 Å². The van der Waals surface area contributed by atoms with Gasteiger partial charge in [-0.15, -0.1) is 0 Å². The number of esters is 1. The van der Waals surface area contributed by atoms with Crippen molar-refractivity contribution in [3.8, 4) is 0 Å². The molecule has 2 rings (SSSR count). The van der Waals surface area contributed by atoms with Gasteiger partial charge in [0, 0.05) is 11.6 Å². The van der Waals surface area contributed by atoms with E-state index in [1.165, 1.54) is 31.4 Å². The lowest BCUT2D eigenvalue weighted by molar-refractivity contribution is -0.150. The summed E-state index contributed by atoms with van der Waals surface area (Å²) in [5, 5.41) is 2.58. The monoisotopic (exact) mass is 317 g/mol. The highest BCUT2D eigenvalue weighted by molar-refractivity contribution is 5.90. The summed E-state index contributed by atoms with van der Waals surface area (Å²) in [6.45, 7) is 1.66. The van der Waals surface area contributed by atoms with E-state index in [0.29, 0.717) is 5.76 Å². The van der Waals surface area contributed by atoms with Gasteiger partial charge in [-0.3, -0.25) is 4.79 Å². The van der Waals surface area contributed by atoms with Crippen molar-refractivity contribution >= 4 is 18.0 Å². The highest BCUT2D eigenvalue weighted by Crippen LogP contribution is 2.08. The number of amides is 1. The van der Waals surface area contributed by atoms with Crippen LogP contribution in [0.2, 0.25) is 0 Å². The van der Waals surface area contributed by atoms with Gasteiger partial charge in [-0.2, -0.15) is 0 Å². The van der Waals surface area contributed by atoms with Gasteiger partial charge in [0.05, 0.1) is 12.8 Å². The molecule has 6 heteroatoms. The summed E-state index contributed by atoms with van der Waals surface area (Å²) in [6, 6.07) is 9.44. The Bertz CT molecular complexity index is 694. The Labute approximate surface area is 132 Å². The van der Waals surface area contributed by atoms with Gasteiger partial charge in [0.1, 0.15) is 11.6 Å². The quantitative estimate of drug-likeness (QED) is 0.657. The number of rotatable bonds is 6. The van der Waals surface area contributed by atoms with Crippen LogP contribution in [0.5, 0.6) is 0 Å². The van der Waals surface area contributed by atoms with Crippen molar-refractivity contribution in [2.45, 2.75) is 19.6 Å². The van der Waals surface area contributed by atoms with Crippen LogP contribution in [0, 0.1) is 5.82 Å². The molecule has 0 spiro atoms. The highest BCUT2D eigenvalue weighted by atomic mass is 19.1. The average Bonchev–Trinajstić information content (AvgIpc) is 3.05. The van der Waals surface area contributed by atoms with Crippen LogP contribution < -0.4 is 5.32 Å². The third kappa shape index (κ3) is 5.10. The van der Waals surface area contributed by atoms with Crippen molar-refractivity contribution in [3.63, 3.8) is 0 Å². The van der Waals surface area contributed by atoms with Crippen molar-refractivity contribution in [2.75, 3.05) is 0 Å². The van der Waals surface area contributed by atoms with Crippen molar-refractivity contribution < 1.29 is 23.1 Å². The van der Waals surface area contributed by atoms with E-state index in [4.69, 9.17) is 9.15 Å². The minimum atomic E-state index is -0.970. The van der Waals surface area contributed by atoms with Crippen LogP contribution in [0.3, 0.4) is 0 Å². The maximum atomic E-state index is 13.4. The van der Waals surface area contributed by atoms with Crippen LogP contribution in [0.1, 0.15) is 18.2 Å². The second kappa shape index (κ2) is 7.93. The molecule has 0 aliphatic carbocycles. The Morgan fingerprint density at radius 2 is 2.09 bits per heavy atom. The Morgan fingerprint density at radius 1 is 1.30 bits per heavy atom. The molecule has 0 saturated heterocycles. The van der Waals surface area contributed by atoms with Crippen LogP contribution in [0.15, 0.2) is 53.2 Å². The first-order chi connectivity index (χ1) is 11.1. The Balaban J connectivity index is 1.82. The number of benzene rings is 1. The highest BCUT2D eigenvalue weighted by Gasteiger charge is 2.16. The summed E-state index contributed by atoms with van der Waals surface area (Å²) in [6.07, 6.45) is 2.90. The van der Waals surface area contributed by atoms with Gasteiger partial charge in [0.2, 0.25) is 0 Å². The van der Waals surface area contributed by atoms with Crippen LogP contribution in [-0.4, -0.2) is 18.0 Å². The van der Waals surface area contributed by atoms with E-state index < -0.39 is 23.8 Å². The second-order valence-electron chi connectivity index (χ2n) is 4.73. The third-order valence-electron chi connectivity index (χ3n) is 2.98. The van der Waals surface area contributed by atoms with Gasteiger partial charge >= 0.3 is 5.97 Å². The van der Waals surface area contributed by atoms with Gasteiger partial charge in [-0.05, 0) is 31.2 Å². The first-order valence-electron chi connectivity index (χ1n) is 6.99. The summed E-state index contributed by atoms with van der Waals surface area (Å²) in [4.78, 5) is 23.4. The molecular formula is C17H16FNO4. The van der Waals surface area contributed by atoms with E-state index in [2.05, 4.69) is 5.32 Å². The predicted octanol–water partition coefficient (Wildman–Crippen LogP) is 2.68. The van der Waals surface area contributed by atoms with Crippen LogP contribution in [0.4, 0.5) is 4.39 Å². The summed E-state index contributed by atoms with van der Waals surface area (Å²) in [5.74, 6) is -1.03. The fraction of sp³-hybridized carbons (Fsp3) is 0.176. The lowest BCUT2D eigenvalue weighted by Gasteiger charge is -2.11. The standard InChI is InChI=1S/C17H16FNO4/c1-12(17(21)19-11-14-6-4-10-22-14)23-16(20)9-8-13-5-2-3-7-15(13)18/h2-10,12H,11H2,1H3,(H,19,21)/b9-8+/t12-/m1/s1. The van der Waals surface area contributed by atoms with Gasteiger partial charge in [0.15, 0.2) is 6.10 Å². The fourth-order valence-electron chi connectivity index (χ4n) is 1.77. The number of carbonyl (C=O) groups excluding carboxylic acids is 2. The molecule has 1 atom stereocenters. The van der Waals surface area contributed by atoms with E-state index in [1.54, 1.807) is 24.3 Å². The van der Waals surface area contributed by atoms with E-state index >= 15 is 0 Å². The van der Waals surface area contributed by atoms with E-state index in [0.717, 1.165) is 6.08 Å². The summed E-state index contributed by atoms with van der Waals surface area (Å²) in [5.41, 5.74) is 0.263. The minimum Gasteiger partial charge on any atom is -0.467 e. The maximum absolute atomic E-state index is 13.4.